The molecule has 1 atom stereocenters. The first-order valence-corrected chi connectivity index (χ1v) is 5.03. The number of benzene rings is 1. The second-order valence-corrected chi connectivity index (χ2v) is 4.08. The quantitative estimate of drug-likeness (QED) is 0.755. The zero-order valence-electron chi connectivity index (χ0n) is 7.90. The number of fused-ring (bicyclic) bond motifs is 1. The van der Waals surface area contributed by atoms with E-state index in [2.05, 4.69) is 28.4 Å². The van der Waals surface area contributed by atoms with Crippen molar-refractivity contribution < 1.29 is 0 Å². The van der Waals surface area contributed by atoms with Crippen LogP contribution in [-0.2, 0) is 0 Å². The highest BCUT2D eigenvalue weighted by Crippen LogP contribution is 2.39. The second kappa shape index (κ2) is 2.82. The van der Waals surface area contributed by atoms with E-state index in [0.717, 1.165) is 10.9 Å². The predicted molar refractivity (Wildman–Crippen MR) is 55.7 cm³/mol. The number of H-pyrrole nitrogens is 1. The summed E-state index contributed by atoms with van der Waals surface area (Å²) in [5.41, 5.74) is 8.45. The summed E-state index contributed by atoms with van der Waals surface area (Å²) in [5, 5.41) is 8.09. The van der Waals surface area contributed by atoms with E-state index in [9.17, 15) is 0 Å². The van der Waals surface area contributed by atoms with Gasteiger partial charge in [-0.1, -0.05) is 6.07 Å². The molecule has 1 aromatic heterocycles. The number of hydrogen-bond acceptors (Lipinski definition) is 2. The lowest BCUT2D eigenvalue weighted by Gasteiger charge is -2.09. The largest absolute Gasteiger partial charge is 0.324 e. The van der Waals surface area contributed by atoms with Crippen molar-refractivity contribution in [2.75, 3.05) is 0 Å². The lowest BCUT2D eigenvalue weighted by molar-refractivity contribution is 0.634. The highest BCUT2D eigenvalue weighted by Gasteiger charge is 2.29. The molecule has 3 nitrogen and oxygen atoms in total. The second-order valence-electron chi connectivity index (χ2n) is 4.08. The lowest BCUT2D eigenvalue weighted by Crippen LogP contribution is -2.11. The molecule has 0 aliphatic heterocycles. The maximum absolute atomic E-state index is 6.13. The highest BCUT2D eigenvalue weighted by atomic mass is 15.1. The highest BCUT2D eigenvalue weighted by molar-refractivity contribution is 5.78. The Labute approximate surface area is 82.3 Å². The number of hydrogen-bond donors (Lipinski definition) is 2. The minimum absolute atomic E-state index is 0.217. The minimum atomic E-state index is 0.217. The first-order chi connectivity index (χ1) is 6.84. The van der Waals surface area contributed by atoms with Crippen molar-refractivity contribution in [1.29, 1.82) is 0 Å². The van der Waals surface area contributed by atoms with Gasteiger partial charge in [-0.3, -0.25) is 5.10 Å². The molecule has 3 heteroatoms. The molecule has 0 spiro atoms. The van der Waals surface area contributed by atoms with Crippen molar-refractivity contribution in [2.45, 2.75) is 18.9 Å². The standard InChI is InChI=1S/C11H13N3/c12-11(7-1-2-7)8-3-4-10-9(5-8)6-13-14-10/h3-7,11H,1-2,12H2,(H,13,14)/t11-/m0/s1. The molecule has 1 aromatic carbocycles. The minimum Gasteiger partial charge on any atom is -0.324 e. The SMILES string of the molecule is N[C@H](c1ccc2[nH]ncc2c1)C1CC1. The van der Waals surface area contributed by atoms with E-state index in [-0.39, 0.29) is 6.04 Å². The van der Waals surface area contributed by atoms with Gasteiger partial charge in [0, 0.05) is 11.4 Å². The van der Waals surface area contributed by atoms with Gasteiger partial charge in [-0.25, -0.2) is 0 Å². The third kappa shape index (κ3) is 1.21. The van der Waals surface area contributed by atoms with Gasteiger partial charge in [0.15, 0.2) is 0 Å². The first kappa shape index (κ1) is 8.00. The van der Waals surface area contributed by atoms with Crippen LogP contribution in [0, 0.1) is 5.92 Å². The number of nitrogens with zero attached hydrogens (tertiary/aromatic N) is 1. The summed E-state index contributed by atoms with van der Waals surface area (Å²) in [6.45, 7) is 0. The zero-order chi connectivity index (χ0) is 9.54. The van der Waals surface area contributed by atoms with Gasteiger partial charge < -0.3 is 5.73 Å². The fourth-order valence-corrected chi connectivity index (χ4v) is 1.90. The molecule has 1 fully saturated rings. The van der Waals surface area contributed by atoms with Crippen LogP contribution in [0.25, 0.3) is 10.9 Å². The summed E-state index contributed by atoms with van der Waals surface area (Å²) < 4.78 is 0. The molecule has 1 aliphatic rings. The van der Waals surface area contributed by atoms with Gasteiger partial charge in [-0.2, -0.15) is 5.10 Å². The lowest BCUT2D eigenvalue weighted by atomic mass is 10.0. The monoisotopic (exact) mass is 187 g/mol. The van der Waals surface area contributed by atoms with Crippen LogP contribution < -0.4 is 5.73 Å². The van der Waals surface area contributed by atoms with Crippen molar-refractivity contribution in [3.8, 4) is 0 Å². The van der Waals surface area contributed by atoms with Crippen LogP contribution in [0.2, 0.25) is 0 Å². The van der Waals surface area contributed by atoms with E-state index in [4.69, 9.17) is 5.73 Å². The molecular formula is C11H13N3. The van der Waals surface area contributed by atoms with Crippen molar-refractivity contribution in [3.05, 3.63) is 30.0 Å². The zero-order valence-corrected chi connectivity index (χ0v) is 7.90. The summed E-state index contributed by atoms with van der Waals surface area (Å²) in [7, 11) is 0. The molecule has 2 aromatic rings. The Morgan fingerprint density at radius 3 is 3.07 bits per heavy atom. The Morgan fingerprint density at radius 2 is 2.29 bits per heavy atom. The number of aromatic amines is 1. The van der Waals surface area contributed by atoms with E-state index in [1.54, 1.807) is 0 Å². The number of rotatable bonds is 2. The molecule has 0 radical (unpaired) electrons. The van der Waals surface area contributed by atoms with E-state index in [1.165, 1.54) is 18.4 Å². The molecular weight excluding hydrogens is 174 g/mol. The summed E-state index contributed by atoms with van der Waals surface area (Å²) in [6.07, 6.45) is 4.41. The van der Waals surface area contributed by atoms with Gasteiger partial charge in [0.05, 0.1) is 11.7 Å². The van der Waals surface area contributed by atoms with Gasteiger partial charge in [0.1, 0.15) is 0 Å². The van der Waals surface area contributed by atoms with E-state index in [0.29, 0.717) is 5.92 Å². The Balaban J connectivity index is 2.03. The van der Waals surface area contributed by atoms with Crippen molar-refractivity contribution >= 4 is 10.9 Å². The van der Waals surface area contributed by atoms with E-state index in [1.807, 2.05) is 6.20 Å². The fraction of sp³-hybridized carbons (Fsp3) is 0.364. The Bertz CT molecular complexity index is 456. The first-order valence-electron chi connectivity index (χ1n) is 5.03. The molecule has 3 rings (SSSR count). The van der Waals surface area contributed by atoms with Crippen LogP contribution in [0.4, 0.5) is 0 Å². The van der Waals surface area contributed by atoms with Crippen LogP contribution in [0.1, 0.15) is 24.4 Å². The Morgan fingerprint density at radius 1 is 1.43 bits per heavy atom. The molecule has 1 aliphatic carbocycles. The maximum atomic E-state index is 6.13. The van der Waals surface area contributed by atoms with Gasteiger partial charge in [-0.15, -0.1) is 0 Å². The Hall–Kier alpha value is -1.35. The molecule has 0 saturated heterocycles. The Kier molecular flexibility index (Phi) is 1.61. The van der Waals surface area contributed by atoms with Crippen LogP contribution in [-0.4, -0.2) is 10.2 Å². The van der Waals surface area contributed by atoms with Gasteiger partial charge in [0.2, 0.25) is 0 Å². The number of aromatic nitrogens is 2. The summed E-state index contributed by atoms with van der Waals surface area (Å²) >= 11 is 0. The average molecular weight is 187 g/mol. The van der Waals surface area contributed by atoms with E-state index >= 15 is 0 Å². The third-order valence-corrected chi connectivity index (χ3v) is 2.98. The van der Waals surface area contributed by atoms with E-state index < -0.39 is 0 Å². The molecule has 0 bridgehead atoms. The van der Waals surface area contributed by atoms with Crippen LogP contribution in [0.3, 0.4) is 0 Å². The van der Waals surface area contributed by atoms with Crippen molar-refractivity contribution in [3.63, 3.8) is 0 Å². The van der Waals surface area contributed by atoms with Gasteiger partial charge >= 0.3 is 0 Å². The molecule has 3 N–H and O–H groups in total. The summed E-state index contributed by atoms with van der Waals surface area (Å²) in [5.74, 6) is 0.708. The molecule has 72 valence electrons. The van der Waals surface area contributed by atoms with Crippen LogP contribution >= 0.6 is 0 Å². The summed E-state index contributed by atoms with van der Waals surface area (Å²) in [4.78, 5) is 0. The molecule has 0 unspecified atom stereocenters. The van der Waals surface area contributed by atoms with Crippen molar-refractivity contribution in [2.24, 2.45) is 11.7 Å². The normalized spacial score (nSPS) is 18.6. The topological polar surface area (TPSA) is 54.7 Å². The predicted octanol–water partition coefficient (Wildman–Crippen LogP) is 1.97. The van der Waals surface area contributed by atoms with Crippen LogP contribution in [0.5, 0.6) is 0 Å². The maximum Gasteiger partial charge on any atom is 0.0650 e. The average Bonchev–Trinajstić information content (AvgIpc) is 2.95. The third-order valence-electron chi connectivity index (χ3n) is 2.98. The molecule has 14 heavy (non-hydrogen) atoms. The molecule has 1 saturated carbocycles. The smallest absolute Gasteiger partial charge is 0.0650 e. The molecule has 0 amide bonds. The van der Waals surface area contributed by atoms with Gasteiger partial charge in [-0.05, 0) is 36.5 Å². The number of nitrogens with one attached hydrogen (secondary N) is 1. The number of nitrogens with two attached hydrogens (primary N) is 1. The van der Waals surface area contributed by atoms with Crippen LogP contribution in [0.15, 0.2) is 24.4 Å². The van der Waals surface area contributed by atoms with Crippen molar-refractivity contribution in [1.82, 2.24) is 10.2 Å². The van der Waals surface area contributed by atoms with Gasteiger partial charge in [0.25, 0.3) is 0 Å². The molecule has 1 heterocycles. The fourth-order valence-electron chi connectivity index (χ4n) is 1.90. The summed E-state index contributed by atoms with van der Waals surface area (Å²) in [6, 6.07) is 6.51.